The number of carbonyl (C=O) groups is 6. The summed E-state index contributed by atoms with van der Waals surface area (Å²) in [6.45, 7) is 7.62. The zero-order chi connectivity index (χ0) is 37.6. The van der Waals surface area contributed by atoms with Crippen molar-refractivity contribution in [1.82, 2.24) is 26.6 Å². The average molecular weight is 712 g/mol. The highest BCUT2D eigenvalue weighted by Gasteiger charge is 2.31. The van der Waals surface area contributed by atoms with Gasteiger partial charge in [0.2, 0.25) is 11.8 Å². The number of urea groups is 1. The number of nitrogens with one attached hydrogen (secondary N) is 5. The van der Waals surface area contributed by atoms with E-state index in [-0.39, 0.29) is 36.8 Å². The smallest absolute Gasteiger partial charge is 0.326 e. The van der Waals surface area contributed by atoms with E-state index in [4.69, 9.17) is 5.11 Å². The van der Waals surface area contributed by atoms with Crippen LogP contribution >= 0.6 is 0 Å². The molecule has 0 spiro atoms. The Morgan fingerprint density at radius 1 is 0.804 bits per heavy atom. The fourth-order valence-corrected chi connectivity index (χ4v) is 6.05. The van der Waals surface area contributed by atoms with Gasteiger partial charge in [-0.1, -0.05) is 43.3 Å². The second kappa shape index (κ2) is 19.6. The van der Waals surface area contributed by atoms with Gasteiger partial charge in [0.05, 0.1) is 0 Å². The lowest BCUT2D eigenvalue weighted by atomic mass is 9.81. The zero-order valence-corrected chi connectivity index (χ0v) is 29.7. The van der Waals surface area contributed by atoms with Crippen LogP contribution < -0.4 is 26.6 Å². The number of unbranched alkanes of at least 4 members (excludes halogenated alkanes) is 1. The third kappa shape index (κ3) is 13.5. The van der Waals surface area contributed by atoms with Crippen molar-refractivity contribution in [1.29, 1.82) is 0 Å². The molecule has 0 unspecified atom stereocenters. The van der Waals surface area contributed by atoms with Gasteiger partial charge in [-0.05, 0) is 106 Å². The standard InChI is InChI=1S/C37H53N5O9/c1-4-37(2,3)39-22-23-12-14-25(15-13-23)32(45)42-31(27-17-16-24-9-5-6-10-26(24)21-27)33(46)38-20-8-7-11-28(34(47)48)40-36(51)41-29(35(49)50)18-19-30(43)44/h5-6,9-10,16-17,21,23,25,28-29,31,39H,4,7-8,11-15,18-20,22H2,1-3H3,(H,38,46)(H,42,45)(H,43,44)(H,47,48)(H,49,50)(H2,40,41,51)/t23-,25-,28-,29-,31-/m0/s1. The number of carbonyl (C=O) groups excluding carboxylic acids is 3. The number of carboxylic acids is 3. The number of hydrogen-bond acceptors (Lipinski definition) is 7. The molecule has 1 aliphatic rings. The molecule has 14 heteroatoms. The van der Waals surface area contributed by atoms with Crippen LogP contribution in [0.15, 0.2) is 42.5 Å². The van der Waals surface area contributed by atoms with Gasteiger partial charge in [0.15, 0.2) is 0 Å². The Hall–Kier alpha value is -4.72. The van der Waals surface area contributed by atoms with Gasteiger partial charge in [-0.3, -0.25) is 14.4 Å². The van der Waals surface area contributed by atoms with Crippen molar-refractivity contribution in [3.63, 3.8) is 0 Å². The molecule has 3 rings (SSSR count). The lowest BCUT2D eigenvalue weighted by molar-refractivity contribution is -0.141. The van der Waals surface area contributed by atoms with Gasteiger partial charge in [0.25, 0.3) is 0 Å². The molecular formula is C37H53N5O9. The van der Waals surface area contributed by atoms with Crippen molar-refractivity contribution in [3.05, 3.63) is 48.0 Å². The Labute approximate surface area is 298 Å². The van der Waals surface area contributed by atoms with Crippen LogP contribution in [0.25, 0.3) is 10.8 Å². The molecule has 2 aromatic rings. The van der Waals surface area contributed by atoms with E-state index in [2.05, 4.69) is 47.4 Å². The number of amides is 4. The molecule has 0 aliphatic heterocycles. The maximum absolute atomic E-state index is 13.6. The monoisotopic (exact) mass is 711 g/mol. The van der Waals surface area contributed by atoms with Crippen LogP contribution in [0, 0.1) is 11.8 Å². The van der Waals surface area contributed by atoms with Gasteiger partial charge >= 0.3 is 23.9 Å². The van der Waals surface area contributed by atoms with E-state index in [0.29, 0.717) is 24.3 Å². The molecule has 280 valence electrons. The maximum atomic E-state index is 13.6. The molecule has 0 radical (unpaired) electrons. The van der Waals surface area contributed by atoms with Crippen LogP contribution in [0.1, 0.15) is 96.6 Å². The van der Waals surface area contributed by atoms with Gasteiger partial charge in [0, 0.05) is 24.4 Å². The highest BCUT2D eigenvalue weighted by Crippen LogP contribution is 2.30. The number of rotatable bonds is 20. The van der Waals surface area contributed by atoms with Crippen LogP contribution in [0.3, 0.4) is 0 Å². The van der Waals surface area contributed by atoms with Gasteiger partial charge in [-0.25, -0.2) is 14.4 Å². The van der Waals surface area contributed by atoms with E-state index >= 15 is 0 Å². The van der Waals surface area contributed by atoms with Crippen molar-refractivity contribution in [2.24, 2.45) is 11.8 Å². The number of hydrogen-bond donors (Lipinski definition) is 8. The molecule has 0 heterocycles. The Kier molecular flexibility index (Phi) is 15.7. The number of benzene rings is 2. The molecule has 1 saturated carbocycles. The van der Waals surface area contributed by atoms with Crippen molar-refractivity contribution in [2.75, 3.05) is 13.1 Å². The summed E-state index contributed by atoms with van der Waals surface area (Å²) in [5.74, 6) is -4.27. The first-order valence-electron chi connectivity index (χ1n) is 17.7. The summed E-state index contributed by atoms with van der Waals surface area (Å²) in [6.07, 6.45) is 4.15. The van der Waals surface area contributed by atoms with Gasteiger partial charge in [-0.15, -0.1) is 0 Å². The van der Waals surface area contributed by atoms with Crippen LogP contribution in [-0.2, 0) is 24.0 Å². The molecule has 1 fully saturated rings. The summed E-state index contributed by atoms with van der Waals surface area (Å²) < 4.78 is 0. The van der Waals surface area contributed by atoms with Crippen LogP contribution in [0.2, 0.25) is 0 Å². The summed E-state index contributed by atoms with van der Waals surface area (Å²) in [5.41, 5.74) is 0.711. The first-order valence-corrected chi connectivity index (χ1v) is 17.7. The maximum Gasteiger partial charge on any atom is 0.326 e. The van der Waals surface area contributed by atoms with E-state index in [1.165, 1.54) is 0 Å². The summed E-state index contributed by atoms with van der Waals surface area (Å²) >= 11 is 0. The average Bonchev–Trinajstić information content (AvgIpc) is 3.10. The van der Waals surface area contributed by atoms with Crippen LogP contribution in [0.5, 0.6) is 0 Å². The molecular weight excluding hydrogens is 658 g/mol. The fraction of sp³-hybridized carbons (Fsp3) is 0.568. The molecule has 14 nitrogen and oxygen atoms in total. The topological polar surface area (TPSA) is 223 Å². The lowest BCUT2D eigenvalue weighted by Crippen LogP contribution is -2.51. The first kappa shape index (κ1) is 40.7. The molecule has 4 amide bonds. The Balaban J connectivity index is 1.56. The molecule has 8 N–H and O–H groups in total. The number of aliphatic carboxylic acids is 3. The third-order valence-corrected chi connectivity index (χ3v) is 9.70. The summed E-state index contributed by atoms with van der Waals surface area (Å²) in [5, 5.41) is 43.4. The minimum absolute atomic E-state index is 0.00946. The Morgan fingerprint density at radius 3 is 2.04 bits per heavy atom. The van der Waals surface area contributed by atoms with Crippen LogP contribution in [-0.4, -0.2) is 81.8 Å². The van der Waals surface area contributed by atoms with Gasteiger partial charge in [-0.2, -0.15) is 0 Å². The summed E-state index contributed by atoms with van der Waals surface area (Å²) in [7, 11) is 0. The first-order chi connectivity index (χ1) is 24.2. The summed E-state index contributed by atoms with van der Waals surface area (Å²) in [4.78, 5) is 73.3. The Morgan fingerprint density at radius 2 is 1.43 bits per heavy atom. The lowest BCUT2D eigenvalue weighted by Gasteiger charge is -2.32. The molecule has 0 bridgehead atoms. The predicted molar refractivity (Wildman–Crippen MR) is 191 cm³/mol. The fourth-order valence-electron chi connectivity index (χ4n) is 6.05. The van der Waals surface area contributed by atoms with Crippen LogP contribution in [0.4, 0.5) is 4.79 Å². The second-order valence-electron chi connectivity index (χ2n) is 14.0. The third-order valence-electron chi connectivity index (χ3n) is 9.70. The largest absolute Gasteiger partial charge is 0.481 e. The number of fused-ring (bicyclic) bond motifs is 1. The van der Waals surface area contributed by atoms with E-state index in [1.807, 2.05) is 42.5 Å². The molecule has 2 aromatic carbocycles. The van der Waals surface area contributed by atoms with Crippen molar-refractivity contribution in [3.8, 4) is 0 Å². The van der Waals surface area contributed by atoms with E-state index in [1.54, 1.807) is 0 Å². The Bertz CT molecular complexity index is 1520. The molecule has 1 aliphatic carbocycles. The molecule has 51 heavy (non-hydrogen) atoms. The van der Waals surface area contributed by atoms with Crippen molar-refractivity contribution in [2.45, 2.75) is 109 Å². The highest BCUT2D eigenvalue weighted by atomic mass is 16.4. The normalized spacial score (nSPS) is 17.8. The van der Waals surface area contributed by atoms with E-state index < -0.39 is 54.4 Å². The van der Waals surface area contributed by atoms with Gasteiger partial charge < -0.3 is 41.9 Å². The minimum atomic E-state index is -1.50. The quantitative estimate of drug-likeness (QED) is 0.0924. The van der Waals surface area contributed by atoms with Crippen molar-refractivity contribution >= 4 is 46.5 Å². The zero-order valence-electron chi connectivity index (χ0n) is 29.7. The van der Waals surface area contributed by atoms with E-state index in [0.717, 1.165) is 49.4 Å². The SMILES string of the molecule is CCC(C)(C)NC[C@H]1CC[C@H](C(=O)N[C@H](C(=O)NCCCC[C@H](NC(=O)N[C@@H](CCC(=O)O)C(=O)O)C(=O)O)c2ccc3ccccc3c2)CC1. The molecule has 0 aromatic heterocycles. The van der Waals surface area contributed by atoms with E-state index in [9.17, 15) is 39.0 Å². The molecule has 3 atom stereocenters. The van der Waals surface area contributed by atoms with Crippen molar-refractivity contribution < 1.29 is 44.1 Å². The predicted octanol–water partition coefficient (Wildman–Crippen LogP) is 3.94. The molecule has 0 saturated heterocycles. The summed E-state index contributed by atoms with van der Waals surface area (Å²) in [6, 6.07) is 8.54. The second-order valence-corrected chi connectivity index (χ2v) is 14.0. The number of carboxylic acid groups (broad SMARTS) is 3. The van der Waals surface area contributed by atoms with Gasteiger partial charge in [0.1, 0.15) is 18.1 Å². The highest BCUT2D eigenvalue weighted by molar-refractivity contribution is 5.91. The minimum Gasteiger partial charge on any atom is -0.481 e.